The molecule has 0 N–H and O–H groups in total. The highest BCUT2D eigenvalue weighted by molar-refractivity contribution is 5.49. The third kappa shape index (κ3) is 4.43. The molecule has 1 rings (SSSR count). The van der Waals surface area contributed by atoms with Crippen LogP contribution in [0.25, 0.3) is 0 Å². The number of ether oxygens (including phenoxy) is 1. The first-order valence-electron chi connectivity index (χ1n) is 4.82. The van der Waals surface area contributed by atoms with Crippen LogP contribution in [-0.2, 0) is 4.79 Å². The highest BCUT2D eigenvalue weighted by Crippen LogP contribution is 2.20. The van der Waals surface area contributed by atoms with Gasteiger partial charge in [0.25, 0.3) is 0 Å². The Labute approximate surface area is 89.8 Å². The van der Waals surface area contributed by atoms with E-state index in [4.69, 9.17) is 4.74 Å². The normalized spacial score (nSPS) is 10.6. The van der Waals surface area contributed by atoms with Crippen LogP contribution in [0.1, 0.15) is 20.8 Å². The molecule has 0 aliphatic rings. The van der Waals surface area contributed by atoms with Crippen LogP contribution in [0.5, 0.6) is 5.75 Å². The second-order valence-corrected chi connectivity index (χ2v) is 4.55. The maximum atomic E-state index is 9.99. The average Bonchev–Trinajstić information content (AvgIpc) is 2.16. The molecule has 3 nitrogen and oxygen atoms in total. The maximum absolute atomic E-state index is 9.99. The summed E-state index contributed by atoms with van der Waals surface area (Å²) in [6, 6.07) is 7.04. The molecule has 0 amide bonds. The van der Waals surface area contributed by atoms with Crippen molar-refractivity contribution in [2.75, 3.05) is 6.61 Å². The number of isocyanates is 1. The minimum absolute atomic E-state index is 0.139. The smallest absolute Gasteiger partial charge is 0.240 e. The van der Waals surface area contributed by atoms with Gasteiger partial charge in [-0.05, 0) is 29.7 Å². The molecule has 1 aromatic carbocycles. The van der Waals surface area contributed by atoms with Crippen molar-refractivity contribution in [3.05, 3.63) is 24.3 Å². The molecule has 0 unspecified atom stereocenters. The largest absolute Gasteiger partial charge is 0.493 e. The van der Waals surface area contributed by atoms with Crippen LogP contribution in [0, 0.1) is 5.41 Å². The van der Waals surface area contributed by atoms with E-state index < -0.39 is 0 Å². The number of carbonyl (C=O) groups excluding carboxylic acids is 1. The first-order chi connectivity index (χ1) is 7.01. The van der Waals surface area contributed by atoms with Gasteiger partial charge in [0.2, 0.25) is 6.08 Å². The molecule has 0 saturated heterocycles. The quantitative estimate of drug-likeness (QED) is 0.562. The Morgan fingerprint density at radius 2 is 1.87 bits per heavy atom. The van der Waals surface area contributed by atoms with E-state index in [0.29, 0.717) is 12.3 Å². The second kappa shape index (κ2) is 4.76. The Morgan fingerprint density at radius 1 is 1.27 bits per heavy atom. The van der Waals surface area contributed by atoms with Crippen molar-refractivity contribution >= 4 is 11.8 Å². The van der Waals surface area contributed by atoms with Crippen LogP contribution in [0.3, 0.4) is 0 Å². The molecular weight excluding hydrogens is 190 g/mol. The van der Waals surface area contributed by atoms with E-state index in [9.17, 15) is 4.79 Å². The van der Waals surface area contributed by atoms with Crippen molar-refractivity contribution in [2.24, 2.45) is 10.4 Å². The third-order valence-electron chi connectivity index (χ3n) is 1.68. The molecule has 0 atom stereocenters. The summed E-state index contributed by atoms with van der Waals surface area (Å²) < 4.78 is 5.56. The molecule has 0 spiro atoms. The minimum atomic E-state index is 0.139. The molecule has 15 heavy (non-hydrogen) atoms. The summed E-state index contributed by atoms with van der Waals surface area (Å²) in [4.78, 5) is 13.5. The van der Waals surface area contributed by atoms with Crippen molar-refractivity contribution in [2.45, 2.75) is 20.8 Å². The van der Waals surface area contributed by atoms with Crippen molar-refractivity contribution in [3.8, 4) is 5.75 Å². The highest BCUT2D eigenvalue weighted by atomic mass is 16.5. The summed E-state index contributed by atoms with van der Waals surface area (Å²) in [7, 11) is 0. The summed E-state index contributed by atoms with van der Waals surface area (Å²) in [6.45, 7) is 6.98. The SMILES string of the molecule is CC(C)(C)COc1ccc(N=C=O)cc1. The van der Waals surface area contributed by atoms with Crippen LogP contribution >= 0.6 is 0 Å². The van der Waals surface area contributed by atoms with Crippen LogP contribution in [0.2, 0.25) is 0 Å². The molecule has 1 aromatic rings. The van der Waals surface area contributed by atoms with Crippen LogP contribution in [-0.4, -0.2) is 12.7 Å². The van der Waals surface area contributed by atoms with Gasteiger partial charge in [0.1, 0.15) is 5.75 Å². The van der Waals surface area contributed by atoms with E-state index in [1.807, 2.05) is 0 Å². The van der Waals surface area contributed by atoms with E-state index in [2.05, 4.69) is 25.8 Å². The van der Waals surface area contributed by atoms with Gasteiger partial charge in [0.05, 0.1) is 12.3 Å². The predicted molar refractivity (Wildman–Crippen MR) is 59.2 cm³/mol. The zero-order chi connectivity index (χ0) is 11.3. The van der Waals surface area contributed by atoms with E-state index in [1.54, 1.807) is 24.3 Å². The molecule has 0 radical (unpaired) electrons. The number of hydrogen-bond donors (Lipinski definition) is 0. The predicted octanol–water partition coefficient (Wildman–Crippen LogP) is 3.08. The van der Waals surface area contributed by atoms with Crippen LogP contribution in [0.15, 0.2) is 29.3 Å². The van der Waals surface area contributed by atoms with Crippen molar-refractivity contribution in [3.63, 3.8) is 0 Å². The summed E-state index contributed by atoms with van der Waals surface area (Å²) in [6.07, 6.45) is 1.49. The monoisotopic (exact) mass is 205 g/mol. The van der Waals surface area contributed by atoms with Gasteiger partial charge in [-0.3, -0.25) is 0 Å². The fourth-order valence-corrected chi connectivity index (χ4v) is 0.969. The van der Waals surface area contributed by atoms with Crippen LogP contribution < -0.4 is 4.74 Å². The molecule has 0 aliphatic carbocycles. The Morgan fingerprint density at radius 3 is 2.33 bits per heavy atom. The fourth-order valence-electron chi connectivity index (χ4n) is 0.969. The number of hydrogen-bond acceptors (Lipinski definition) is 3. The molecule has 0 heterocycles. The van der Waals surface area contributed by atoms with E-state index in [-0.39, 0.29) is 5.41 Å². The van der Waals surface area contributed by atoms with Gasteiger partial charge in [-0.1, -0.05) is 20.8 Å². The fraction of sp³-hybridized carbons (Fsp3) is 0.417. The number of benzene rings is 1. The molecule has 0 fully saturated rings. The lowest BCUT2D eigenvalue weighted by molar-refractivity contribution is 0.198. The van der Waals surface area contributed by atoms with Crippen LogP contribution in [0.4, 0.5) is 5.69 Å². The highest BCUT2D eigenvalue weighted by Gasteiger charge is 2.10. The number of rotatable bonds is 3. The Balaban J connectivity index is 2.61. The molecular formula is C12H15NO2. The van der Waals surface area contributed by atoms with Crippen molar-refractivity contribution in [1.82, 2.24) is 0 Å². The lowest BCUT2D eigenvalue weighted by Gasteiger charge is -2.18. The van der Waals surface area contributed by atoms with Gasteiger partial charge in [0, 0.05) is 0 Å². The maximum Gasteiger partial charge on any atom is 0.240 e. The minimum Gasteiger partial charge on any atom is -0.493 e. The zero-order valence-electron chi connectivity index (χ0n) is 9.28. The number of nitrogens with zero attached hydrogens (tertiary/aromatic N) is 1. The lowest BCUT2D eigenvalue weighted by atomic mass is 9.99. The van der Waals surface area contributed by atoms with E-state index in [0.717, 1.165) is 5.75 Å². The molecule has 0 bridgehead atoms. The Kier molecular flexibility index (Phi) is 3.64. The summed E-state index contributed by atoms with van der Waals surface area (Å²) in [5.74, 6) is 0.787. The van der Waals surface area contributed by atoms with Crippen molar-refractivity contribution < 1.29 is 9.53 Å². The van der Waals surface area contributed by atoms with Gasteiger partial charge in [-0.2, -0.15) is 4.99 Å². The molecule has 0 saturated carbocycles. The number of aliphatic imine (C=N–C) groups is 1. The van der Waals surface area contributed by atoms with E-state index >= 15 is 0 Å². The lowest BCUT2D eigenvalue weighted by Crippen LogP contribution is -2.16. The standard InChI is InChI=1S/C12H15NO2/c1-12(2,3)8-15-11-6-4-10(5-7-11)13-9-14/h4-7H,8H2,1-3H3. The van der Waals surface area contributed by atoms with Gasteiger partial charge >= 0.3 is 0 Å². The Hall–Kier alpha value is -1.60. The average molecular weight is 205 g/mol. The van der Waals surface area contributed by atoms with Gasteiger partial charge in [-0.25, -0.2) is 4.79 Å². The van der Waals surface area contributed by atoms with Gasteiger partial charge in [-0.15, -0.1) is 0 Å². The van der Waals surface area contributed by atoms with Gasteiger partial charge in [0.15, 0.2) is 0 Å². The summed E-state index contributed by atoms with van der Waals surface area (Å²) in [5, 5.41) is 0. The van der Waals surface area contributed by atoms with Crippen molar-refractivity contribution in [1.29, 1.82) is 0 Å². The third-order valence-corrected chi connectivity index (χ3v) is 1.68. The second-order valence-electron chi connectivity index (χ2n) is 4.55. The Bertz CT molecular complexity index is 356. The first kappa shape index (κ1) is 11.5. The zero-order valence-corrected chi connectivity index (χ0v) is 9.28. The molecule has 0 aromatic heterocycles. The first-order valence-corrected chi connectivity index (χ1v) is 4.82. The van der Waals surface area contributed by atoms with E-state index in [1.165, 1.54) is 6.08 Å². The topological polar surface area (TPSA) is 38.7 Å². The molecule has 0 aliphatic heterocycles. The molecule has 3 heteroatoms. The van der Waals surface area contributed by atoms with Gasteiger partial charge < -0.3 is 4.74 Å². The summed E-state index contributed by atoms with van der Waals surface area (Å²) in [5.41, 5.74) is 0.729. The summed E-state index contributed by atoms with van der Waals surface area (Å²) >= 11 is 0. The molecule has 80 valence electrons.